The number of hydrogen-bond acceptors (Lipinski definition) is 3. The smallest absolute Gasteiger partial charge is 0.323 e. The number of carboxylic acids is 1. The molecule has 1 amide bonds. The highest BCUT2D eigenvalue weighted by atomic mass is 79.9. The fourth-order valence-corrected chi connectivity index (χ4v) is 3.02. The summed E-state index contributed by atoms with van der Waals surface area (Å²) in [7, 11) is 0. The van der Waals surface area contributed by atoms with Gasteiger partial charge in [0.15, 0.2) is 0 Å². The van der Waals surface area contributed by atoms with Gasteiger partial charge in [-0.1, -0.05) is 12.8 Å². The second-order valence-corrected chi connectivity index (χ2v) is 6.08. The normalized spacial score (nSPS) is 15.1. The van der Waals surface area contributed by atoms with E-state index in [9.17, 15) is 14.4 Å². The minimum atomic E-state index is -1.03. The maximum atomic E-state index is 12.4. The van der Waals surface area contributed by atoms with Gasteiger partial charge < -0.3 is 14.6 Å². The average molecular weight is 357 g/mol. The Morgan fingerprint density at radius 3 is 2.62 bits per heavy atom. The van der Waals surface area contributed by atoms with Crippen molar-refractivity contribution >= 4 is 27.8 Å². The molecule has 0 aliphatic heterocycles. The topological polar surface area (TPSA) is 79.6 Å². The van der Waals surface area contributed by atoms with Crippen LogP contribution in [0.4, 0.5) is 0 Å². The molecule has 2 rings (SSSR count). The van der Waals surface area contributed by atoms with Gasteiger partial charge >= 0.3 is 5.97 Å². The third-order valence-corrected chi connectivity index (χ3v) is 4.11. The Morgan fingerprint density at radius 1 is 1.33 bits per heavy atom. The number of pyridine rings is 1. The van der Waals surface area contributed by atoms with E-state index in [0.29, 0.717) is 4.47 Å². The molecular weight excluding hydrogens is 340 g/mol. The largest absolute Gasteiger partial charge is 0.480 e. The van der Waals surface area contributed by atoms with Crippen LogP contribution in [0.2, 0.25) is 0 Å². The summed E-state index contributed by atoms with van der Waals surface area (Å²) in [6.07, 6.45) is 5.20. The second kappa shape index (κ2) is 6.89. The molecule has 7 heteroatoms. The van der Waals surface area contributed by atoms with Gasteiger partial charge in [0.1, 0.15) is 13.1 Å². The lowest BCUT2D eigenvalue weighted by atomic mass is 10.2. The van der Waals surface area contributed by atoms with Gasteiger partial charge in [-0.25, -0.2) is 0 Å². The highest BCUT2D eigenvalue weighted by Crippen LogP contribution is 2.23. The van der Waals surface area contributed by atoms with Crippen molar-refractivity contribution in [2.45, 2.75) is 38.3 Å². The van der Waals surface area contributed by atoms with Crippen LogP contribution < -0.4 is 5.56 Å². The van der Waals surface area contributed by atoms with Gasteiger partial charge in [-0.3, -0.25) is 14.4 Å². The Bertz CT molecular complexity index is 593. The molecule has 1 N–H and O–H groups in total. The van der Waals surface area contributed by atoms with Gasteiger partial charge in [0.2, 0.25) is 5.91 Å². The maximum absolute atomic E-state index is 12.4. The first-order valence-electron chi connectivity index (χ1n) is 6.84. The van der Waals surface area contributed by atoms with E-state index >= 15 is 0 Å². The molecule has 114 valence electrons. The summed E-state index contributed by atoms with van der Waals surface area (Å²) >= 11 is 3.25. The van der Waals surface area contributed by atoms with Crippen molar-refractivity contribution in [1.82, 2.24) is 9.47 Å². The van der Waals surface area contributed by atoms with Crippen LogP contribution in [0, 0.1) is 0 Å². The Labute approximate surface area is 130 Å². The number of carbonyl (C=O) groups is 2. The predicted molar refractivity (Wildman–Crippen MR) is 80.0 cm³/mol. The zero-order valence-corrected chi connectivity index (χ0v) is 13.1. The lowest BCUT2D eigenvalue weighted by molar-refractivity contribution is -0.146. The highest BCUT2D eigenvalue weighted by molar-refractivity contribution is 9.10. The lowest BCUT2D eigenvalue weighted by Crippen LogP contribution is -2.44. The van der Waals surface area contributed by atoms with E-state index in [2.05, 4.69) is 15.9 Å². The minimum absolute atomic E-state index is 0.0311. The summed E-state index contributed by atoms with van der Waals surface area (Å²) in [5.41, 5.74) is -0.284. The molecule has 0 radical (unpaired) electrons. The van der Waals surface area contributed by atoms with Crippen molar-refractivity contribution in [2.75, 3.05) is 6.54 Å². The van der Waals surface area contributed by atoms with E-state index in [-0.39, 0.29) is 30.6 Å². The molecule has 21 heavy (non-hydrogen) atoms. The third kappa shape index (κ3) is 4.17. The van der Waals surface area contributed by atoms with Gasteiger partial charge in [0.25, 0.3) is 5.56 Å². The van der Waals surface area contributed by atoms with E-state index in [4.69, 9.17) is 5.11 Å². The summed E-state index contributed by atoms with van der Waals surface area (Å²) in [6, 6.07) is 2.94. The van der Waals surface area contributed by atoms with Crippen LogP contribution >= 0.6 is 15.9 Å². The number of amides is 1. The van der Waals surface area contributed by atoms with Gasteiger partial charge in [-0.15, -0.1) is 0 Å². The molecule has 0 unspecified atom stereocenters. The standard InChI is InChI=1S/C14H17BrN2O4/c15-10-5-6-12(18)16(7-10)8-13(19)17(9-14(20)21)11-3-1-2-4-11/h5-7,11H,1-4,8-9H2,(H,20,21). The quantitative estimate of drug-likeness (QED) is 0.866. The molecule has 0 bridgehead atoms. The van der Waals surface area contributed by atoms with Crippen LogP contribution in [-0.2, 0) is 16.1 Å². The molecule has 0 aromatic carbocycles. The van der Waals surface area contributed by atoms with Crippen LogP contribution in [0.25, 0.3) is 0 Å². The number of aromatic nitrogens is 1. The summed E-state index contributed by atoms with van der Waals surface area (Å²) in [5.74, 6) is -1.36. The number of nitrogens with zero attached hydrogens (tertiary/aromatic N) is 2. The molecule has 1 aromatic rings. The molecule has 1 aliphatic carbocycles. The monoisotopic (exact) mass is 356 g/mol. The SMILES string of the molecule is O=C(O)CN(C(=O)Cn1cc(Br)ccc1=O)C1CCCC1. The fourth-order valence-electron chi connectivity index (χ4n) is 2.64. The zero-order valence-electron chi connectivity index (χ0n) is 11.5. The third-order valence-electron chi connectivity index (χ3n) is 3.64. The number of rotatable bonds is 5. The van der Waals surface area contributed by atoms with Crippen LogP contribution in [0.5, 0.6) is 0 Å². The molecule has 1 saturated carbocycles. The molecule has 0 spiro atoms. The molecule has 1 heterocycles. The minimum Gasteiger partial charge on any atom is -0.480 e. The van der Waals surface area contributed by atoms with Gasteiger partial charge in [-0.2, -0.15) is 0 Å². The van der Waals surface area contributed by atoms with Crippen LogP contribution in [0.1, 0.15) is 25.7 Å². The Morgan fingerprint density at radius 2 is 2.00 bits per heavy atom. The zero-order chi connectivity index (χ0) is 15.4. The molecular formula is C14H17BrN2O4. The van der Waals surface area contributed by atoms with E-state index in [1.807, 2.05) is 0 Å². The van der Waals surface area contributed by atoms with E-state index < -0.39 is 5.97 Å². The number of hydrogen-bond donors (Lipinski definition) is 1. The molecule has 1 aliphatic rings. The predicted octanol–water partition coefficient (Wildman–Crippen LogP) is 1.47. The summed E-state index contributed by atoms with van der Waals surface area (Å²) in [5, 5.41) is 8.99. The number of carboxylic acid groups (broad SMARTS) is 1. The van der Waals surface area contributed by atoms with E-state index in [1.54, 1.807) is 6.07 Å². The average Bonchev–Trinajstić information content (AvgIpc) is 2.93. The second-order valence-electron chi connectivity index (χ2n) is 5.17. The fraction of sp³-hybridized carbons (Fsp3) is 0.500. The first kappa shape index (κ1) is 15.8. The Kier molecular flexibility index (Phi) is 5.17. The van der Waals surface area contributed by atoms with E-state index in [1.165, 1.54) is 21.7 Å². The summed E-state index contributed by atoms with van der Waals surface area (Å²) in [6.45, 7) is -0.450. The van der Waals surface area contributed by atoms with Gasteiger partial charge in [0, 0.05) is 22.8 Å². The molecule has 1 aromatic heterocycles. The molecule has 0 atom stereocenters. The van der Waals surface area contributed by atoms with Crippen molar-refractivity contribution < 1.29 is 14.7 Å². The number of aliphatic carboxylic acids is 1. The highest BCUT2D eigenvalue weighted by Gasteiger charge is 2.28. The van der Waals surface area contributed by atoms with Crippen molar-refractivity contribution in [3.8, 4) is 0 Å². The molecule has 6 nitrogen and oxygen atoms in total. The first-order chi connectivity index (χ1) is 9.97. The van der Waals surface area contributed by atoms with Crippen LogP contribution in [-0.4, -0.2) is 39.0 Å². The maximum Gasteiger partial charge on any atom is 0.323 e. The lowest BCUT2D eigenvalue weighted by Gasteiger charge is -2.27. The Hall–Kier alpha value is -1.63. The van der Waals surface area contributed by atoms with E-state index in [0.717, 1.165) is 25.7 Å². The van der Waals surface area contributed by atoms with Gasteiger partial charge in [-0.05, 0) is 34.8 Å². The number of halogens is 1. The molecule has 0 saturated heterocycles. The van der Waals surface area contributed by atoms with Crippen molar-refractivity contribution in [1.29, 1.82) is 0 Å². The van der Waals surface area contributed by atoms with Crippen LogP contribution in [0.15, 0.2) is 27.6 Å². The van der Waals surface area contributed by atoms with Crippen molar-refractivity contribution in [3.05, 3.63) is 33.2 Å². The number of carbonyl (C=O) groups excluding carboxylic acids is 1. The van der Waals surface area contributed by atoms with Crippen LogP contribution in [0.3, 0.4) is 0 Å². The van der Waals surface area contributed by atoms with Crippen molar-refractivity contribution in [2.24, 2.45) is 0 Å². The Balaban J connectivity index is 2.15. The first-order valence-corrected chi connectivity index (χ1v) is 7.64. The van der Waals surface area contributed by atoms with Gasteiger partial charge in [0.05, 0.1) is 0 Å². The summed E-state index contributed by atoms with van der Waals surface area (Å²) < 4.78 is 1.98. The summed E-state index contributed by atoms with van der Waals surface area (Å²) in [4.78, 5) is 36.5. The van der Waals surface area contributed by atoms with Crippen molar-refractivity contribution in [3.63, 3.8) is 0 Å². The molecule has 1 fully saturated rings.